The lowest BCUT2D eigenvalue weighted by atomic mass is 10.1. The molecule has 0 fully saturated rings. The minimum Gasteiger partial charge on any atom is -0.323 e. The highest BCUT2D eigenvalue weighted by molar-refractivity contribution is 7.86. The van der Waals surface area contributed by atoms with E-state index in [0.717, 1.165) is 0 Å². The summed E-state index contributed by atoms with van der Waals surface area (Å²) in [6.45, 7) is 0. The Morgan fingerprint density at radius 1 is 0.875 bits per heavy atom. The van der Waals surface area contributed by atoms with Gasteiger partial charge in [-0.25, -0.2) is 0 Å². The number of nitrogens with two attached hydrogens (primary N) is 1. The summed E-state index contributed by atoms with van der Waals surface area (Å²) in [5.74, 6) is 5.42. The lowest BCUT2D eigenvalue weighted by molar-refractivity contribution is 0.480. The van der Waals surface area contributed by atoms with Gasteiger partial charge in [0.15, 0.2) is 0 Å². The molecule has 0 aromatic heterocycles. The smallest absolute Gasteiger partial charge is 0.295 e. The van der Waals surface area contributed by atoms with Gasteiger partial charge in [0.1, 0.15) is 9.79 Å². The summed E-state index contributed by atoms with van der Waals surface area (Å²) in [5, 5.41) is 0. The second-order valence-electron chi connectivity index (χ2n) is 4.69. The normalized spacial score (nSPS) is 12.9. The van der Waals surface area contributed by atoms with Crippen LogP contribution in [-0.4, -0.2) is 25.9 Å². The standard InChI is InChI=1S/C14H14N2O6S2/c15-16-12(11-6-2-4-8-14(11)24(20,21)22)9-10-5-1-3-7-13(10)23(17,18)19/h1-9,16H,15H2,(H,17,18,19)(H,20,21,22). The van der Waals surface area contributed by atoms with Crippen molar-refractivity contribution in [2.45, 2.75) is 9.79 Å². The Balaban J connectivity index is 2.71. The predicted octanol–water partition coefficient (Wildman–Crippen LogP) is 1.14. The highest BCUT2D eigenvalue weighted by Crippen LogP contribution is 2.25. The molecule has 0 aliphatic heterocycles. The number of benzene rings is 2. The quantitative estimate of drug-likeness (QED) is 0.265. The van der Waals surface area contributed by atoms with Crippen LogP contribution in [0.4, 0.5) is 0 Å². The van der Waals surface area contributed by atoms with Crippen LogP contribution in [0.2, 0.25) is 0 Å². The molecular weight excluding hydrogens is 356 g/mol. The third-order valence-electron chi connectivity index (χ3n) is 3.11. The van der Waals surface area contributed by atoms with Crippen molar-refractivity contribution in [2.24, 2.45) is 5.84 Å². The van der Waals surface area contributed by atoms with Crippen molar-refractivity contribution in [3.05, 3.63) is 59.7 Å². The van der Waals surface area contributed by atoms with E-state index in [1.165, 1.54) is 54.6 Å². The first-order valence-corrected chi connectivity index (χ1v) is 9.34. The molecule has 0 amide bonds. The van der Waals surface area contributed by atoms with E-state index in [2.05, 4.69) is 5.43 Å². The van der Waals surface area contributed by atoms with Crippen molar-refractivity contribution in [3.8, 4) is 0 Å². The second kappa shape index (κ2) is 6.71. The van der Waals surface area contributed by atoms with Gasteiger partial charge in [0, 0.05) is 5.56 Å². The Bertz CT molecular complexity index is 997. The fraction of sp³-hybridized carbons (Fsp3) is 0. The van der Waals surface area contributed by atoms with Gasteiger partial charge < -0.3 is 5.43 Å². The average molecular weight is 370 g/mol. The van der Waals surface area contributed by atoms with Crippen molar-refractivity contribution >= 4 is 32.0 Å². The highest BCUT2D eigenvalue weighted by Gasteiger charge is 2.19. The van der Waals surface area contributed by atoms with Gasteiger partial charge in [-0.15, -0.1) is 0 Å². The highest BCUT2D eigenvalue weighted by atomic mass is 32.2. The van der Waals surface area contributed by atoms with Crippen molar-refractivity contribution in [3.63, 3.8) is 0 Å². The zero-order valence-corrected chi connectivity index (χ0v) is 13.8. The molecule has 0 aliphatic carbocycles. The molecule has 5 N–H and O–H groups in total. The van der Waals surface area contributed by atoms with E-state index in [4.69, 9.17) is 5.84 Å². The van der Waals surface area contributed by atoms with Crippen LogP contribution in [0.15, 0.2) is 58.3 Å². The van der Waals surface area contributed by atoms with E-state index >= 15 is 0 Å². The van der Waals surface area contributed by atoms with E-state index < -0.39 is 25.1 Å². The molecule has 2 aromatic rings. The summed E-state index contributed by atoms with van der Waals surface area (Å²) in [6, 6.07) is 11.0. The van der Waals surface area contributed by atoms with Crippen molar-refractivity contribution < 1.29 is 25.9 Å². The SMILES string of the molecule is NNC(=Cc1ccccc1S(=O)(=O)O)c1ccccc1S(=O)(=O)O. The van der Waals surface area contributed by atoms with Crippen LogP contribution >= 0.6 is 0 Å². The Kier molecular flexibility index (Phi) is 5.06. The van der Waals surface area contributed by atoms with E-state index in [-0.39, 0.29) is 21.7 Å². The van der Waals surface area contributed by atoms with Gasteiger partial charge in [0.2, 0.25) is 0 Å². The number of hydrogen-bond acceptors (Lipinski definition) is 6. The van der Waals surface area contributed by atoms with Gasteiger partial charge in [-0.3, -0.25) is 14.9 Å². The molecule has 24 heavy (non-hydrogen) atoms. The van der Waals surface area contributed by atoms with Gasteiger partial charge in [0.05, 0.1) is 5.70 Å². The second-order valence-corrected chi connectivity index (χ2v) is 7.47. The molecule has 2 aromatic carbocycles. The molecule has 128 valence electrons. The largest absolute Gasteiger partial charge is 0.323 e. The minimum absolute atomic E-state index is 0.0272. The lowest BCUT2D eigenvalue weighted by Gasteiger charge is -2.12. The third kappa shape index (κ3) is 3.99. The maximum Gasteiger partial charge on any atom is 0.295 e. The molecule has 0 unspecified atom stereocenters. The molecule has 0 bridgehead atoms. The fourth-order valence-corrected chi connectivity index (χ4v) is 3.48. The fourth-order valence-electron chi connectivity index (χ4n) is 2.10. The predicted molar refractivity (Wildman–Crippen MR) is 87.7 cm³/mol. The van der Waals surface area contributed by atoms with E-state index in [9.17, 15) is 25.9 Å². The van der Waals surface area contributed by atoms with Crippen LogP contribution < -0.4 is 11.3 Å². The summed E-state index contributed by atoms with van der Waals surface area (Å²) < 4.78 is 64.4. The third-order valence-corrected chi connectivity index (χ3v) is 4.95. The van der Waals surface area contributed by atoms with Gasteiger partial charge >= 0.3 is 0 Å². The lowest BCUT2D eigenvalue weighted by Crippen LogP contribution is -2.21. The Labute approximate surface area is 139 Å². The van der Waals surface area contributed by atoms with Crippen LogP contribution in [0.3, 0.4) is 0 Å². The van der Waals surface area contributed by atoms with Crippen LogP contribution in [0.5, 0.6) is 0 Å². The van der Waals surface area contributed by atoms with E-state index in [1.54, 1.807) is 0 Å². The van der Waals surface area contributed by atoms with Gasteiger partial charge in [-0.1, -0.05) is 36.4 Å². The Morgan fingerprint density at radius 3 is 1.92 bits per heavy atom. The maximum absolute atomic E-state index is 11.5. The monoisotopic (exact) mass is 370 g/mol. The molecule has 8 nitrogen and oxygen atoms in total. The number of hydrogen-bond donors (Lipinski definition) is 4. The summed E-state index contributed by atoms with van der Waals surface area (Å²) in [4.78, 5) is -0.777. The van der Waals surface area contributed by atoms with Gasteiger partial charge in [-0.2, -0.15) is 16.8 Å². The molecule has 0 radical (unpaired) electrons. The molecule has 0 saturated heterocycles. The molecule has 10 heteroatoms. The van der Waals surface area contributed by atoms with E-state index in [0.29, 0.717) is 0 Å². The Hall–Kier alpha value is -2.24. The summed E-state index contributed by atoms with van der Waals surface area (Å²) in [7, 11) is -9.01. The molecule has 0 heterocycles. The first kappa shape index (κ1) is 18.1. The topological polar surface area (TPSA) is 147 Å². The first-order chi connectivity index (χ1) is 11.1. The zero-order valence-electron chi connectivity index (χ0n) is 12.1. The van der Waals surface area contributed by atoms with Crippen LogP contribution in [-0.2, 0) is 20.2 Å². The van der Waals surface area contributed by atoms with Gasteiger partial charge in [0.25, 0.3) is 20.2 Å². The summed E-state index contributed by atoms with van der Waals surface area (Å²) in [6.07, 6.45) is 1.24. The number of nitrogens with one attached hydrogen (secondary N) is 1. The molecule has 0 aliphatic rings. The van der Waals surface area contributed by atoms with Crippen molar-refractivity contribution in [1.29, 1.82) is 0 Å². The molecule has 0 spiro atoms. The van der Waals surface area contributed by atoms with Gasteiger partial charge in [-0.05, 0) is 23.8 Å². The zero-order chi connectivity index (χ0) is 18.0. The number of hydrazine groups is 1. The first-order valence-electron chi connectivity index (χ1n) is 6.46. The average Bonchev–Trinajstić information content (AvgIpc) is 2.51. The Morgan fingerprint density at radius 2 is 1.38 bits per heavy atom. The molecule has 2 rings (SSSR count). The van der Waals surface area contributed by atoms with Crippen LogP contribution in [0, 0.1) is 0 Å². The van der Waals surface area contributed by atoms with Crippen molar-refractivity contribution in [2.75, 3.05) is 0 Å². The molecule has 0 atom stereocenters. The van der Waals surface area contributed by atoms with Crippen LogP contribution in [0.25, 0.3) is 11.8 Å². The van der Waals surface area contributed by atoms with Crippen molar-refractivity contribution in [1.82, 2.24) is 5.43 Å². The summed E-state index contributed by atoms with van der Waals surface area (Å²) >= 11 is 0. The molecule has 0 saturated carbocycles. The summed E-state index contributed by atoms with van der Waals surface area (Å²) in [5.41, 5.74) is 2.41. The maximum atomic E-state index is 11.5. The number of rotatable bonds is 5. The molecular formula is C14H14N2O6S2. The van der Waals surface area contributed by atoms with Crippen LogP contribution in [0.1, 0.15) is 11.1 Å². The minimum atomic E-state index is -4.52. The van der Waals surface area contributed by atoms with E-state index in [1.807, 2.05) is 0 Å².